The number of hydrogen-bond acceptors (Lipinski definition) is 5. The molecule has 2 aromatic heterocycles. The van der Waals surface area contributed by atoms with Crippen LogP contribution in [0.3, 0.4) is 0 Å². The van der Waals surface area contributed by atoms with E-state index in [1.54, 1.807) is 16.6 Å². The molecule has 3 aromatic rings. The highest BCUT2D eigenvalue weighted by molar-refractivity contribution is 5.38. The van der Waals surface area contributed by atoms with Crippen molar-refractivity contribution >= 4 is 11.3 Å². The van der Waals surface area contributed by atoms with E-state index >= 15 is 0 Å². The van der Waals surface area contributed by atoms with Crippen LogP contribution >= 0.6 is 0 Å². The van der Waals surface area contributed by atoms with E-state index in [-0.39, 0.29) is 12.3 Å². The molecule has 8 heteroatoms. The van der Waals surface area contributed by atoms with Gasteiger partial charge in [0.05, 0.1) is 4.92 Å². The van der Waals surface area contributed by atoms with E-state index in [4.69, 9.17) is 4.74 Å². The van der Waals surface area contributed by atoms with Gasteiger partial charge in [-0.2, -0.15) is 0 Å². The van der Waals surface area contributed by atoms with Gasteiger partial charge in [-0.1, -0.05) is 0 Å². The van der Waals surface area contributed by atoms with Gasteiger partial charge in [0.25, 0.3) is 5.69 Å². The lowest BCUT2D eigenvalue weighted by atomic mass is 10.3. The lowest BCUT2D eigenvalue weighted by Crippen LogP contribution is -2.02. The number of nitrogens with one attached hydrogen (secondary N) is 1. The van der Waals surface area contributed by atoms with E-state index < -0.39 is 4.92 Å². The van der Waals surface area contributed by atoms with Crippen molar-refractivity contribution in [2.75, 3.05) is 0 Å². The number of fused-ring (bicyclic) bond motifs is 1. The number of aromatic amines is 1. The highest BCUT2D eigenvalue weighted by Gasteiger charge is 2.09. The second-order valence-corrected chi connectivity index (χ2v) is 4.29. The van der Waals surface area contributed by atoms with Gasteiger partial charge in [0, 0.05) is 23.9 Å². The number of ether oxygens (including phenoxy) is 1. The summed E-state index contributed by atoms with van der Waals surface area (Å²) in [5.74, 6) is 1.17. The summed E-state index contributed by atoms with van der Waals surface area (Å²) in [6, 6.07) is 7.77. The number of aryl methyl sites for hydroxylation is 1. The van der Waals surface area contributed by atoms with Gasteiger partial charge in [0.2, 0.25) is 0 Å². The van der Waals surface area contributed by atoms with Crippen molar-refractivity contribution in [3.8, 4) is 5.75 Å². The van der Waals surface area contributed by atoms with Crippen LogP contribution in [-0.4, -0.2) is 24.7 Å². The molecule has 2 heterocycles. The fraction of sp³-hybridized carbons (Fsp3) is 0.167. The first kappa shape index (κ1) is 12.2. The van der Waals surface area contributed by atoms with Crippen LogP contribution in [0.1, 0.15) is 11.5 Å². The maximum Gasteiger partial charge on any atom is 0.269 e. The number of aromatic nitrogens is 4. The van der Waals surface area contributed by atoms with E-state index in [0.29, 0.717) is 11.6 Å². The lowest BCUT2D eigenvalue weighted by Gasteiger charge is -2.03. The number of nitro benzene ring substituents is 1. The van der Waals surface area contributed by atoms with Crippen molar-refractivity contribution in [2.45, 2.75) is 13.5 Å². The van der Waals surface area contributed by atoms with E-state index in [0.717, 1.165) is 11.3 Å². The zero-order valence-electron chi connectivity index (χ0n) is 10.6. The van der Waals surface area contributed by atoms with Gasteiger partial charge in [-0.05, 0) is 19.1 Å². The number of rotatable bonds is 4. The van der Waals surface area contributed by atoms with Gasteiger partial charge in [-0.3, -0.25) is 15.2 Å². The molecule has 1 N–H and O–H groups in total. The Balaban J connectivity index is 1.74. The molecule has 3 rings (SSSR count). The molecular formula is C12H11N5O3. The van der Waals surface area contributed by atoms with Gasteiger partial charge in [-0.25, -0.2) is 4.52 Å². The Hall–Kier alpha value is -2.90. The first-order chi connectivity index (χ1) is 9.63. The minimum Gasteiger partial charge on any atom is -0.486 e. The predicted molar refractivity (Wildman–Crippen MR) is 69.5 cm³/mol. The summed E-state index contributed by atoms with van der Waals surface area (Å²) in [6.45, 7) is 2.15. The fourth-order valence-corrected chi connectivity index (χ4v) is 1.85. The molecule has 8 nitrogen and oxygen atoms in total. The minimum absolute atomic E-state index is 0.0298. The van der Waals surface area contributed by atoms with Gasteiger partial charge in [-0.15, -0.1) is 10.2 Å². The second-order valence-electron chi connectivity index (χ2n) is 4.29. The molecule has 0 atom stereocenters. The van der Waals surface area contributed by atoms with Gasteiger partial charge in [0.1, 0.15) is 12.4 Å². The Bertz CT molecular complexity index is 759. The molecule has 0 fully saturated rings. The molecule has 0 saturated carbocycles. The first-order valence-electron chi connectivity index (χ1n) is 5.90. The van der Waals surface area contributed by atoms with E-state index in [1.165, 1.54) is 12.1 Å². The maximum atomic E-state index is 10.5. The average molecular weight is 273 g/mol. The quantitative estimate of drug-likeness (QED) is 0.577. The van der Waals surface area contributed by atoms with Crippen molar-refractivity contribution < 1.29 is 9.66 Å². The average Bonchev–Trinajstić information content (AvgIpc) is 2.96. The van der Waals surface area contributed by atoms with Crippen molar-refractivity contribution in [2.24, 2.45) is 0 Å². The largest absolute Gasteiger partial charge is 0.486 e. The van der Waals surface area contributed by atoms with E-state index in [1.807, 2.05) is 13.0 Å². The van der Waals surface area contributed by atoms with Gasteiger partial charge in [0.15, 0.2) is 11.5 Å². The fourth-order valence-electron chi connectivity index (χ4n) is 1.85. The van der Waals surface area contributed by atoms with Gasteiger partial charge >= 0.3 is 0 Å². The SMILES string of the molecule is Cc1cc2nnc(COc3ccc([N+](=O)[O-])cc3)n2[nH]1. The van der Waals surface area contributed by atoms with Crippen LogP contribution in [0.5, 0.6) is 5.75 Å². The monoisotopic (exact) mass is 273 g/mol. The number of hydrogen-bond donors (Lipinski definition) is 1. The molecule has 0 unspecified atom stereocenters. The highest BCUT2D eigenvalue weighted by atomic mass is 16.6. The molecule has 0 aliphatic carbocycles. The Morgan fingerprint density at radius 3 is 2.80 bits per heavy atom. The molecule has 0 saturated heterocycles. The summed E-state index contributed by atoms with van der Waals surface area (Å²) >= 11 is 0. The Morgan fingerprint density at radius 1 is 1.35 bits per heavy atom. The summed E-state index contributed by atoms with van der Waals surface area (Å²) in [5.41, 5.74) is 1.73. The van der Waals surface area contributed by atoms with Crippen LogP contribution < -0.4 is 4.74 Å². The molecule has 20 heavy (non-hydrogen) atoms. The molecule has 0 amide bonds. The van der Waals surface area contributed by atoms with Crippen molar-refractivity contribution in [1.82, 2.24) is 19.8 Å². The Kier molecular flexibility index (Phi) is 2.82. The summed E-state index contributed by atoms with van der Waals surface area (Å²) in [5, 5.41) is 21.6. The number of benzene rings is 1. The topological polar surface area (TPSA) is 98.3 Å². The molecule has 0 aliphatic rings. The third-order valence-corrected chi connectivity index (χ3v) is 2.80. The van der Waals surface area contributed by atoms with Crippen molar-refractivity contribution in [3.63, 3.8) is 0 Å². The Labute approximate surface area is 113 Å². The molecule has 0 radical (unpaired) electrons. The molecule has 0 spiro atoms. The van der Waals surface area contributed by atoms with Crippen molar-refractivity contribution in [3.05, 3.63) is 52.0 Å². The lowest BCUT2D eigenvalue weighted by molar-refractivity contribution is -0.384. The van der Waals surface area contributed by atoms with Crippen LogP contribution in [0.25, 0.3) is 5.65 Å². The summed E-state index contributed by atoms with van der Waals surface area (Å²) < 4.78 is 7.27. The third kappa shape index (κ3) is 2.18. The molecule has 0 aliphatic heterocycles. The van der Waals surface area contributed by atoms with Crippen LogP contribution in [0, 0.1) is 17.0 Å². The van der Waals surface area contributed by atoms with E-state index in [9.17, 15) is 10.1 Å². The first-order valence-corrected chi connectivity index (χ1v) is 5.90. The maximum absolute atomic E-state index is 10.5. The molecule has 102 valence electrons. The van der Waals surface area contributed by atoms with Crippen molar-refractivity contribution in [1.29, 1.82) is 0 Å². The zero-order chi connectivity index (χ0) is 14.1. The van der Waals surface area contributed by atoms with Crippen LogP contribution in [0.2, 0.25) is 0 Å². The molecule has 1 aromatic carbocycles. The summed E-state index contributed by atoms with van der Waals surface area (Å²) in [7, 11) is 0. The normalized spacial score (nSPS) is 10.8. The van der Waals surface area contributed by atoms with Crippen LogP contribution in [0.4, 0.5) is 5.69 Å². The third-order valence-electron chi connectivity index (χ3n) is 2.80. The zero-order valence-corrected chi connectivity index (χ0v) is 10.6. The smallest absolute Gasteiger partial charge is 0.269 e. The summed E-state index contributed by atoms with van der Waals surface area (Å²) in [6.07, 6.45) is 0. The summed E-state index contributed by atoms with van der Waals surface area (Å²) in [4.78, 5) is 10.1. The van der Waals surface area contributed by atoms with E-state index in [2.05, 4.69) is 15.3 Å². The molecular weight excluding hydrogens is 262 g/mol. The number of nitro groups is 1. The second kappa shape index (κ2) is 4.65. The number of H-pyrrole nitrogens is 1. The minimum atomic E-state index is -0.451. The highest BCUT2D eigenvalue weighted by Crippen LogP contribution is 2.18. The predicted octanol–water partition coefficient (Wildman–Crippen LogP) is 1.85. The Morgan fingerprint density at radius 2 is 2.10 bits per heavy atom. The van der Waals surface area contributed by atoms with Crippen LogP contribution in [0.15, 0.2) is 30.3 Å². The standard InChI is InChI=1S/C12H11N5O3/c1-8-6-11-13-14-12(16(11)15-8)7-20-10-4-2-9(3-5-10)17(18)19/h2-6,15H,7H2,1H3. The number of nitrogens with zero attached hydrogens (tertiary/aromatic N) is 4. The number of non-ortho nitro benzene ring substituents is 1. The van der Waals surface area contributed by atoms with Crippen LogP contribution in [-0.2, 0) is 6.61 Å². The molecule has 0 bridgehead atoms. The van der Waals surface area contributed by atoms with Gasteiger partial charge < -0.3 is 4.74 Å².